The molecule has 2 N–H and O–H groups in total. The zero-order valence-corrected chi connectivity index (χ0v) is 12.1. The maximum atomic E-state index is 12.4. The van der Waals surface area contributed by atoms with Crippen LogP contribution in [0.3, 0.4) is 0 Å². The molecule has 20 heavy (non-hydrogen) atoms. The van der Waals surface area contributed by atoms with Crippen molar-refractivity contribution in [2.75, 3.05) is 38.5 Å². The van der Waals surface area contributed by atoms with E-state index in [9.17, 15) is 4.79 Å². The number of amides is 1. The molecule has 5 nitrogen and oxygen atoms in total. The summed E-state index contributed by atoms with van der Waals surface area (Å²) >= 11 is 0. The van der Waals surface area contributed by atoms with Gasteiger partial charge in [-0.3, -0.25) is 9.79 Å². The molecule has 0 saturated carbocycles. The molecule has 1 aliphatic rings. The van der Waals surface area contributed by atoms with E-state index in [1.54, 1.807) is 4.90 Å². The van der Waals surface area contributed by atoms with E-state index in [2.05, 4.69) is 22.5 Å². The van der Waals surface area contributed by atoms with Gasteiger partial charge in [-0.1, -0.05) is 19.1 Å². The summed E-state index contributed by atoms with van der Waals surface area (Å²) < 4.78 is 0. The number of rotatable bonds is 6. The number of carbonyl (C=O) groups excluding carboxylic acids is 1. The number of hydrogen-bond acceptors (Lipinski definition) is 4. The molecule has 1 amide bonds. The minimum Gasteiger partial charge on any atom is -0.377 e. The van der Waals surface area contributed by atoms with Gasteiger partial charge in [0.1, 0.15) is 5.84 Å². The van der Waals surface area contributed by atoms with Gasteiger partial charge in [-0.15, -0.1) is 0 Å². The molecular weight excluding hydrogens is 252 g/mol. The van der Waals surface area contributed by atoms with Crippen molar-refractivity contribution in [1.29, 1.82) is 0 Å². The van der Waals surface area contributed by atoms with E-state index in [1.807, 2.05) is 31.3 Å². The van der Waals surface area contributed by atoms with Crippen LogP contribution >= 0.6 is 0 Å². The Hall–Kier alpha value is -2.04. The molecule has 0 saturated heterocycles. The first-order valence-electron chi connectivity index (χ1n) is 7.08. The van der Waals surface area contributed by atoms with Crippen LogP contribution in [0.1, 0.15) is 23.7 Å². The summed E-state index contributed by atoms with van der Waals surface area (Å²) in [4.78, 5) is 18.5. The average molecular weight is 274 g/mol. The third-order valence-corrected chi connectivity index (χ3v) is 3.25. The number of aliphatic imine (C=N–C) groups is 1. The fourth-order valence-electron chi connectivity index (χ4n) is 2.21. The standard InChI is InChI=1S/C15H22N4O/c1-3-10-19(2)15(20)12-6-4-5-7-13(12)18-11-14-16-8-9-17-14/h4-7,18H,3,8-11H2,1-2H3,(H,16,17). The molecule has 108 valence electrons. The van der Waals surface area contributed by atoms with Crippen molar-refractivity contribution in [2.45, 2.75) is 13.3 Å². The second-order valence-corrected chi connectivity index (χ2v) is 4.88. The van der Waals surface area contributed by atoms with Crippen LogP contribution in [-0.4, -0.2) is 49.9 Å². The zero-order chi connectivity index (χ0) is 14.4. The van der Waals surface area contributed by atoms with E-state index < -0.39 is 0 Å². The van der Waals surface area contributed by atoms with Crippen LogP contribution in [0.15, 0.2) is 29.3 Å². The van der Waals surface area contributed by atoms with Crippen LogP contribution in [0.2, 0.25) is 0 Å². The van der Waals surface area contributed by atoms with Gasteiger partial charge in [0, 0.05) is 25.8 Å². The minimum absolute atomic E-state index is 0.0521. The van der Waals surface area contributed by atoms with Crippen LogP contribution in [0.25, 0.3) is 0 Å². The lowest BCUT2D eigenvalue weighted by Gasteiger charge is -2.18. The number of benzene rings is 1. The number of nitrogens with zero attached hydrogens (tertiary/aromatic N) is 2. The van der Waals surface area contributed by atoms with E-state index in [1.165, 1.54) is 0 Å². The normalized spacial score (nSPS) is 13.6. The molecular formula is C15H22N4O. The monoisotopic (exact) mass is 274 g/mol. The molecule has 0 radical (unpaired) electrons. The van der Waals surface area contributed by atoms with Gasteiger partial charge in [0.2, 0.25) is 0 Å². The highest BCUT2D eigenvalue weighted by atomic mass is 16.2. The smallest absolute Gasteiger partial charge is 0.255 e. The Morgan fingerprint density at radius 3 is 2.95 bits per heavy atom. The van der Waals surface area contributed by atoms with Gasteiger partial charge in [0.25, 0.3) is 5.91 Å². The topological polar surface area (TPSA) is 56.7 Å². The summed E-state index contributed by atoms with van der Waals surface area (Å²) in [5, 5.41) is 6.50. The number of para-hydroxylation sites is 1. The van der Waals surface area contributed by atoms with Crippen LogP contribution in [0.4, 0.5) is 5.69 Å². The molecule has 0 fully saturated rings. The third kappa shape index (κ3) is 3.50. The molecule has 0 aliphatic carbocycles. The summed E-state index contributed by atoms with van der Waals surface area (Å²) in [6.45, 7) is 5.19. The molecule has 0 unspecified atom stereocenters. The summed E-state index contributed by atoms with van der Waals surface area (Å²) in [7, 11) is 1.84. The molecule has 0 atom stereocenters. The van der Waals surface area contributed by atoms with Gasteiger partial charge in [-0.2, -0.15) is 0 Å². The lowest BCUT2D eigenvalue weighted by atomic mass is 10.1. The van der Waals surface area contributed by atoms with Crippen molar-refractivity contribution in [2.24, 2.45) is 4.99 Å². The van der Waals surface area contributed by atoms with Gasteiger partial charge in [-0.05, 0) is 18.6 Å². The highest BCUT2D eigenvalue weighted by molar-refractivity contribution is 6.00. The van der Waals surface area contributed by atoms with Gasteiger partial charge in [0.15, 0.2) is 0 Å². The Morgan fingerprint density at radius 1 is 1.45 bits per heavy atom. The van der Waals surface area contributed by atoms with E-state index >= 15 is 0 Å². The molecule has 1 heterocycles. The Kier molecular flexibility index (Phi) is 4.98. The van der Waals surface area contributed by atoms with Crippen LogP contribution in [-0.2, 0) is 0 Å². The van der Waals surface area contributed by atoms with Crippen molar-refractivity contribution in [3.63, 3.8) is 0 Å². The van der Waals surface area contributed by atoms with Gasteiger partial charge < -0.3 is 15.5 Å². The van der Waals surface area contributed by atoms with E-state index in [4.69, 9.17) is 0 Å². The summed E-state index contributed by atoms with van der Waals surface area (Å²) in [6, 6.07) is 7.62. The van der Waals surface area contributed by atoms with Gasteiger partial charge in [0.05, 0.1) is 18.7 Å². The Morgan fingerprint density at radius 2 is 2.25 bits per heavy atom. The van der Waals surface area contributed by atoms with Crippen molar-refractivity contribution in [3.8, 4) is 0 Å². The van der Waals surface area contributed by atoms with Gasteiger partial charge >= 0.3 is 0 Å². The van der Waals surface area contributed by atoms with E-state index in [-0.39, 0.29) is 5.91 Å². The van der Waals surface area contributed by atoms with Crippen molar-refractivity contribution >= 4 is 17.4 Å². The number of nitrogens with one attached hydrogen (secondary N) is 2. The van der Waals surface area contributed by atoms with Crippen LogP contribution < -0.4 is 10.6 Å². The summed E-state index contributed by atoms with van der Waals surface area (Å²) in [5.41, 5.74) is 1.57. The fraction of sp³-hybridized carbons (Fsp3) is 0.467. The third-order valence-electron chi connectivity index (χ3n) is 3.25. The molecule has 1 aromatic rings. The number of hydrogen-bond donors (Lipinski definition) is 2. The average Bonchev–Trinajstić information content (AvgIpc) is 2.98. The van der Waals surface area contributed by atoms with Crippen molar-refractivity contribution in [3.05, 3.63) is 29.8 Å². The SMILES string of the molecule is CCCN(C)C(=O)c1ccccc1NCC1=NCCN1. The second-order valence-electron chi connectivity index (χ2n) is 4.88. The maximum absolute atomic E-state index is 12.4. The molecule has 2 rings (SSSR count). The van der Waals surface area contributed by atoms with Crippen molar-refractivity contribution < 1.29 is 4.79 Å². The predicted molar refractivity (Wildman–Crippen MR) is 82.5 cm³/mol. The summed E-state index contributed by atoms with van der Waals surface area (Å²) in [5.74, 6) is 1.01. The predicted octanol–water partition coefficient (Wildman–Crippen LogP) is 1.58. The lowest BCUT2D eigenvalue weighted by Crippen LogP contribution is -2.29. The summed E-state index contributed by atoms with van der Waals surface area (Å²) in [6.07, 6.45) is 0.957. The largest absolute Gasteiger partial charge is 0.377 e. The highest BCUT2D eigenvalue weighted by Gasteiger charge is 2.15. The van der Waals surface area contributed by atoms with Crippen LogP contribution in [0.5, 0.6) is 0 Å². The molecule has 0 aromatic heterocycles. The molecule has 1 aliphatic heterocycles. The van der Waals surface area contributed by atoms with Crippen LogP contribution in [0, 0.1) is 0 Å². The minimum atomic E-state index is 0.0521. The maximum Gasteiger partial charge on any atom is 0.255 e. The Balaban J connectivity index is 2.07. The Labute approximate surface area is 120 Å². The first-order chi connectivity index (χ1) is 9.72. The number of amidine groups is 1. The van der Waals surface area contributed by atoms with E-state index in [0.29, 0.717) is 12.1 Å². The zero-order valence-electron chi connectivity index (χ0n) is 12.1. The first kappa shape index (κ1) is 14.4. The molecule has 0 spiro atoms. The lowest BCUT2D eigenvalue weighted by molar-refractivity contribution is 0.0796. The van der Waals surface area contributed by atoms with Gasteiger partial charge in [-0.25, -0.2) is 0 Å². The molecule has 1 aromatic carbocycles. The molecule has 5 heteroatoms. The highest BCUT2D eigenvalue weighted by Crippen LogP contribution is 2.16. The van der Waals surface area contributed by atoms with E-state index in [0.717, 1.165) is 37.6 Å². The number of anilines is 1. The van der Waals surface area contributed by atoms with Crippen molar-refractivity contribution in [1.82, 2.24) is 10.2 Å². The fourth-order valence-corrected chi connectivity index (χ4v) is 2.21. The number of carbonyl (C=O) groups is 1. The molecule has 0 bridgehead atoms. The quantitative estimate of drug-likeness (QED) is 0.828. The first-order valence-corrected chi connectivity index (χ1v) is 7.08. The second kappa shape index (κ2) is 6.93. The Bertz CT molecular complexity index is 498.